The van der Waals surface area contributed by atoms with Gasteiger partial charge in [0.2, 0.25) is 5.91 Å². The molecule has 0 rings (SSSR count). The van der Waals surface area contributed by atoms with Crippen molar-refractivity contribution in [3.8, 4) is 0 Å². The Hall–Kier alpha value is -1.17. The average molecular weight is 650 g/mol. The van der Waals surface area contributed by atoms with E-state index < -0.39 is 18.2 Å². The summed E-state index contributed by atoms with van der Waals surface area (Å²) in [7, 11) is 0. The Morgan fingerprint density at radius 2 is 0.891 bits per heavy atom. The van der Waals surface area contributed by atoms with E-state index in [1.165, 1.54) is 135 Å². The fraction of sp³-hybridized carbons (Fsp3) is 0.878. The summed E-state index contributed by atoms with van der Waals surface area (Å²) < 4.78 is 0. The van der Waals surface area contributed by atoms with Crippen molar-refractivity contribution in [2.24, 2.45) is 0 Å². The first-order chi connectivity index (χ1) is 22.6. The maximum atomic E-state index is 12.4. The summed E-state index contributed by atoms with van der Waals surface area (Å²) in [5, 5.41) is 33.4. The van der Waals surface area contributed by atoms with E-state index >= 15 is 0 Å². The highest BCUT2D eigenvalue weighted by Gasteiger charge is 2.26. The van der Waals surface area contributed by atoms with Gasteiger partial charge in [-0.3, -0.25) is 4.79 Å². The molecule has 0 saturated carbocycles. The highest BCUT2D eigenvalue weighted by atomic mass is 16.3. The first kappa shape index (κ1) is 44.8. The van der Waals surface area contributed by atoms with E-state index in [0.717, 1.165) is 44.9 Å². The predicted octanol–water partition coefficient (Wildman–Crippen LogP) is 11.0. The van der Waals surface area contributed by atoms with E-state index in [-0.39, 0.29) is 12.5 Å². The molecule has 1 amide bonds. The van der Waals surface area contributed by atoms with Crippen molar-refractivity contribution < 1.29 is 20.1 Å². The van der Waals surface area contributed by atoms with Crippen LogP contribution in [0.2, 0.25) is 0 Å². The van der Waals surface area contributed by atoms with Crippen LogP contribution >= 0.6 is 0 Å². The molecular formula is C41H79NO4. The lowest BCUT2D eigenvalue weighted by atomic mass is 10.0. The van der Waals surface area contributed by atoms with Gasteiger partial charge in [-0.15, -0.1) is 0 Å². The van der Waals surface area contributed by atoms with Crippen LogP contribution in [0.25, 0.3) is 0 Å². The maximum Gasteiger partial charge on any atom is 0.220 e. The number of rotatable bonds is 36. The Labute approximate surface area is 286 Å². The fourth-order valence-electron chi connectivity index (χ4n) is 6.12. The topological polar surface area (TPSA) is 89.8 Å². The Bertz CT molecular complexity index is 679. The molecule has 5 nitrogen and oxygen atoms in total. The average Bonchev–Trinajstić information content (AvgIpc) is 3.06. The molecule has 0 heterocycles. The summed E-state index contributed by atoms with van der Waals surface area (Å²) in [5.74, 6) is -0.158. The number of nitrogens with one attached hydrogen (secondary N) is 1. The Morgan fingerprint density at radius 3 is 1.33 bits per heavy atom. The molecule has 3 atom stereocenters. The SMILES string of the molecule is CCCCCCCCCCCC/C=C/CC/C=C/CCCC(O)C(O)C(CO)NC(=O)CCCCCCCCCCCCCCC. The third-order valence-electron chi connectivity index (χ3n) is 9.29. The van der Waals surface area contributed by atoms with Crippen molar-refractivity contribution in [1.29, 1.82) is 0 Å². The predicted molar refractivity (Wildman–Crippen MR) is 199 cm³/mol. The van der Waals surface area contributed by atoms with Crippen LogP contribution in [-0.2, 0) is 4.79 Å². The molecule has 0 spiro atoms. The molecule has 0 aromatic rings. The number of carbonyl (C=O) groups is 1. The molecule has 5 heteroatoms. The van der Waals surface area contributed by atoms with E-state index in [1.54, 1.807) is 0 Å². The summed E-state index contributed by atoms with van der Waals surface area (Å²) in [6.45, 7) is 4.15. The number of hydrogen-bond donors (Lipinski definition) is 4. The van der Waals surface area contributed by atoms with Gasteiger partial charge >= 0.3 is 0 Å². The summed E-state index contributed by atoms with van der Waals surface area (Å²) in [4.78, 5) is 12.4. The molecule has 0 aliphatic carbocycles. The lowest BCUT2D eigenvalue weighted by Crippen LogP contribution is -2.50. The molecule has 272 valence electrons. The smallest absolute Gasteiger partial charge is 0.220 e. The number of unbranched alkanes of at least 4 members (excludes halogenated alkanes) is 24. The molecule has 3 unspecified atom stereocenters. The van der Waals surface area contributed by atoms with Gasteiger partial charge in [0.1, 0.15) is 6.10 Å². The van der Waals surface area contributed by atoms with Crippen LogP contribution in [0.3, 0.4) is 0 Å². The van der Waals surface area contributed by atoms with Crippen molar-refractivity contribution in [1.82, 2.24) is 5.32 Å². The zero-order valence-electron chi connectivity index (χ0n) is 30.7. The van der Waals surface area contributed by atoms with Gasteiger partial charge in [0.15, 0.2) is 0 Å². The molecule has 0 saturated heterocycles. The summed E-state index contributed by atoms with van der Waals surface area (Å²) in [6.07, 6.45) is 42.8. The van der Waals surface area contributed by atoms with Crippen LogP contribution in [0.4, 0.5) is 0 Å². The van der Waals surface area contributed by atoms with Crippen molar-refractivity contribution >= 4 is 5.91 Å². The number of aliphatic hydroxyl groups excluding tert-OH is 3. The van der Waals surface area contributed by atoms with E-state index in [4.69, 9.17) is 0 Å². The molecule has 0 radical (unpaired) electrons. The largest absolute Gasteiger partial charge is 0.394 e. The highest BCUT2D eigenvalue weighted by Crippen LogP contribution is 2.15. The lowest BCUT2D eigenvalue weighted by molar-refractivity contribution is -0.124. The second-order valence-corrected chi connectivity index (χ2v) is 13.8. The number of amides is 1. The standard InChI is InChI=1S/C41H79NO4/c1-3-5-7-9-11-13-15-17-18-19-20-21-22-24-25-27-29-31-33-35-39(44)41(46)38(37-43)42-40(45)36-34-32-30-28-26-23-16-14-12-10-8-6-4-2/h21-22,27,29,38-39,41,43-44,46H,3-20,23-26,28,30-37H2,1-2H3,(H,42,45)/b22-21+,29-27+. The van der Waals surface area contributed by atoms with Gasteiger partial charge in [-0.25, -0.2) is 0 Å². The zero-order chi connectivity index (χ0) is 33.8. The van der Waals surface area contributed by atoms with Gasteiger partial charge in [0.25, 0.3) is 0 Å². The Balaban J connectivity index is 3.72. The lowest BCUT2D eigenvalue weighted by Gasteiger charge is -2.26. The normalized spacial score (nSPS) is 13.9. The Kier molecular flexibility index (Phi) is 35.7. The Morgan fingerprint density at radius 1 is 0.522 bits per heavy atom. The number of carbonyl (C=O) groups excluding carboxylic acids is 1. The van der Waals surface area contributed by atoms with Crippen molar-refractivity contribution in [2.75, 3.05) is 6.61 Å². The first-order valence-corrected chi connectivity index (χ1v) is 20.1. The minimum Gasteiger partial charge on any atom is -0.394 e. The van der Waals surface area contributed by atoms with Gasteiger partial charge in [-0.2, -0.15) is 0 Å². The van der Waals surface area contributed by atoms with Crippen molar-refractivity contribution in [3.05, 3.63) is 24.3 Å². The van der Waals surface area contributed by atoms with Crippen molar-refractivity contribution in [2.45, 2.75) is 225 Å². The second-order valence-electron chi connectivity index (χ2n) is 13.8. The summed E-state index contributed by atoms with van der Waals surface area (Å²) >= 11 is 0. The van der Waals surface area contributed by atoms with E-state index in [2.05, 4.69) is 43.5 Å². The molecule has 0 fully saturated rings. The van der Waals surface area contributed by atoms with Crippen LogP contribution in [0.5, 0.6) is 0 Å². The van der Waals surface area contributed by atoms with E-state index in [9.17, 15) is 20.1 Å². The van der Waals surface area contributed by atoms with E-state index in [1.807, 2.05) is 0 Å². The van der Waals surface area contributed by atoms with Gasteiger partial charge < -0.3 is 20.6 Å². The maximum absolute atomic E-state index is 12.4. The van der Waals surface area contributed by atoms with Gasteiger partial charge in [0, 0.05) is 6.42 Å². The third kappa shape index (κ3) is 31.4. The first-order valence-electron chi connectivity index (χ1n) is 20.1. The second kappa shape index (κ2) is 36.7. The van der Waals surface area contributed by atoms with Crippen LogP contribution in [-0.4, -0.2) is 46.1 Å². The number of hydrogen-bond acceptors (Lipinski definition) is 4. The van der Waals surface area contributed by atoms with Crippen LogP contribution in [0.1, 0.15) is 206 Å². The van der Waals surface area contributed by atoms with Gasteiger partial charge in [0.05, 0.1) is 18.8 Å². The molecule has 0 aromatic carbocycles. The molecule has 4 N–H and O–H groups in total. The summed E-state index contributed by atoms with van der Waals surface area (Å²) in [6, 6.07) is -0.827. The third-order valence-corrected chi connectivity index (χ3v) is 9.29. The fourth-order valence-corrected chi connectivity index (χ4v) is 6.12. The highest BCUT2D eigenvalue weighted by molar-refractivity contribution is 5.76. The van der Waals surface area contributed by atoms with Crippen LogP contribution < -0.4 is 5.32 Å². The quantitative estimate of drug-likeness (QED) is 0.0401. The van der Waals surface area contributed by atoms with Crippen LogP contribution in [0.15, 0.2) is 24.3 Å². The van der Waals surface area contributed by atoms with Crippen molar-refractivity contribution in [3.63, 3.8) is 0 Å². The molecule has 46 heavy (non-hydrogen) atoms. The number of aliphatic hydroxyl groups is 3. The minimum absolute atomic E-state index is 0.158. The monoisotopic (exact) mass is 650 g/mol. The molecule has 0 bridgehead atoms. The minimum atomic E-state index is -1.16. The van der Waals surface area contributed by atoms with E-state index in [0.29, 0.717) is 12.8 Å². The van der Waals surface area contributed by atoms with Crippen LogP contribution in [0, 0.1) is 0 Å². The molecular weight excluding hydrogens is 570 g/mol. The number of allylic oxidation sites excluding steroid dienone is 4. The molecule has 0 aliphatic heterocycles. The van der Waals surface area contributed by atoms with Gasteiger partial charge in [-0.1, -0.05) is 173 Å². The van der Waals surface area contributed by atoms with Gasteiger partial charge in [-0.05, 0) is 51.4 Å². The zero-order valence-corrected chi connectivity index (χ0v) is 30.7. The molecule has 0 aromatic heterocycles. The summed E-state index contributed by atoms with van der Waals surface area (Å²) in [5.41, 5.74) is 0. The molecule has 0 aliphatic rings.